The fraction of sp³-hybridized carbons (Fsp3) is 0.231. The minimum atomic E-state index is -0.910. The first kappa shape index (κ1) is 12.7. The normalized spacial score (nSPS) is 11.1. The lowest BCUT2D eigenvalue weighted by Gasteiger charge is -2.05. The number of hydrogen-bond donors (Lipinski definition) is 1. The van der Waals surface area contributed by atoms with Gasteiger partial charge >= 0.3 is 5.97 Å². The van der Waals surface area contributed by atoms with Gasteiger partial charge in [0.05, 0.1) is 11.0 Å². The van der Waals surface area contributed by atoms with E-state index in [0.29, 0.717) is 11.5 Å². The minimum Gasteiger partial charge on any atom is -0.480 e. The van der Waals surface area contributed by atoms with Crippen LogP contribution in [0.4, 0.5) is 0 Å². The molecule has 0 aliphatic rings. The molecule has 0 spiro atoms. The predicted molar refractivity (Wildman–Crippen MR) is 75.7 cm³/mol. The topological polar surface area (TPSA) is 80.9 Å². The van der Waals surface area contributed by atoms with Crippen LogP contribution in [-0.2, 0) is 11.3 Å². The number of aryl methyl sites for hydroxylation is 2. The lowest BCUT2D eigenvalue weighted by Crippen LogP contribution is -2.10. The highest BCUT2D eigenvalue weighted by Gasteiger charge is 2.17. The van der Waals surface area contributed by atoms with Crippen LogP contribution >= 0.6 is 11.5 Å². The molecule has 102 valence electrons. The van der Waals surface area contributed by atoms with Crippen LogP contribution in [-0.4, -0.2) is 30.2 Å². The number of carboxylic acids is 1. The largest absolute Gasteiger partial charge is 0.480 e. The van der Waals surface area contributed by atoms with Gasteiger partial charge in [-0.15, -0.1) is 5.10 Å². The van der Waals surface area contributed by atoms with Crippen molar-refractivity contribution < 1.29 is 9.90 Å². The standard InChI is InChI=1S/C13H12N4O2S/c1-7-3-9-11(4-8(7)2)17(5-12(18)19)13(14-9)10-6-20-16-15-10/h3-4,6H,5H2,1-2H3,(H,18,19). The molecule has 0 fully saturated rings. The maximum absolute atomic E-state index is 11.1. The van der Waals surface area contributed by atoms with Crippen LogP contribution in [0.15, 0.2) is 17.5 Å². The third-order valence-corrected chi connectivity index (χ3v) is 3.75. The molecular weight excluding hydrogens is 276 g/mol. The summed E-state index contributed by atoms with van der Waals surface area (Å²) in [5.41, 5.74) is 4.41. The molecule has 7 heteroatoms. The Bertz CT molecular complexity index is 792. The van der Waals surface area contributed by atoms with Crippen molar-refractivity contribution in [2.24, 2.45) is 0 Å². The molecule has 0 radical (unpaired) electrons. The number of imidazole rings is 1. The van der Waals surface area contributed by atoms with Crippen molar-refractivity contribution in [2.45, 2.75) is 20.4 Å². The summed E-state index contributed by atoms with van der Waals surface area (Å²) in [6.07, 6.45) is 0. The number of aromatic nitrogens is 4. The zero-order valence-electron chi connectivity index (χ0n) is 11.0. The van der Waals surface area contributed by atoms with Crippen LogP contribution in [0.25, 0.3) is 22.6 Å². The number of fused-ring (bicyclic) bond motifs is 1. The number of hydrogen-bond acceptors (Lipinski definition) is 5. The molecule has 2 heterocycles. The average Bonchev–Trinajstić information content (AvgIpc) is 2.99. The van der Waals surface area contributed by atoms with Crippen molar-refractivity contribution in [3.8, 4) is 11.5 Å². The molecular formula is C13H12N4O2S. The van der Waals surface area contributed by atoms with Gasteiger partial charge in [-0.2, -0.15) is 0 Å². The lowest BCUT2D eigenvalue weighted by molar-refractivity contribution is -0.137. The summed E-state index contributed by atoms with van der Waals surface area (Å²) >= 11 is 1.22. The number of aliphatic carboxylic acids is 1. The predicted octanol–water partition coefficient (Wildman–Crippen LogP) is 2.26. The van der Waals surface area contributed by atoms with Crippen LogP contribution < -0.4 is 0 Å². The Morgan fingerprint density at radius 1 is 1.35 bits per heavy atom. The van der Waals surface area contributed by atoms with Crippen molar-refractivity contribution in [3.05, 3.63) is 28.6 Å². The van der Waals surface area contributed by atoms with Gasteiger partial charge in [0.1, 0.15) is 12.2 Å². The van der Waals surface area contributed by atoms with Gasteiger partial charge in [-0.3, -0.25) is 4.79 Å². The van der Waals surface area contributed by atoms with Gasteiger partial charge in [-0.1, -0.05) is 4.49 Å². The molecule has 0 unspecified atom stereocenters. The Labute approximate surface area is 118 Å². The SMILES string of the molecule is Cc1cc2nc(-c3csnn3)n(CC(=O)O)c2cc1C. The zero-order valence-corrected chi connectivity index (χ0v) is 11.8. The molecule has 0 bridgehead atoms. The summed E-state index contributed by atoms with van der Waals surface area (Å²) in [4.78, 5) is 15.6. The third-order valence-electron chi connectivity index (χ3n) is 3.25. The maximum atomic E-state index is 11.1. The van der Waals surface area contributed by atoms with Crippen molar-refractivity contribution in [2.75, 3.05) is 0 Å². The Balaban J connectivity index is 2.30. The highest BCUT2D eigenvalue weighted by atomic mass is 32.1. The number of rotatable bonds is 3. The summed E-state index contributed by atoms with van der Waals surface area (Å²) < 4.78 is 5.48. The van der Waals surface area contributed by atoms with E-state index in [2.05, 4.69) is 14.6 Å². The molecule has 2 aromatic heterocycles. The molecule has 1 N–H and O–H groups in total. The van der Waals surface area contributed by atoms with E-state index >= 15 is 0 Å². The second-order valence-electron chi connectivity index (χ2n) is 4.63. The summed E-state index contributed by atoms with van der Waals surface area (Å²) in [6, 6.07) is 3.93. The first-order valence-corrected chi connectivity index (χ1v) is 6.86. The summed E-state index contributed by atoms with van der Waals surface area (Å²) in [5, 5.41) is 14.9. The van der Waals surface area contributed by atoms with E-state index in [4.69, 9.17) is 5.11 Å². The Morgan fingerprint density at radius 2 is 2.10 bits per heavy atom. The van der Waals surface area contributed by atoms with Crippen molar-refractivity contribution in [1.29, 1.82) is 0 Å². The quantitative estimate of drug-likeness (QED) is 0.799. The Morgan fingerprint density at radius 3 is 2.75 bits per heavy atom. The average molecular weight is 288 g/mol. The van der Waals surface area contributed by atoms with E-state index in [-0.39, 0.29) is 6.54 Å². The second kappa shape index (κ2) is 4.68. The molecule has 3 aromatic rings. The van der Waals surface area contributed by atoms with Crippen molar-refractivity contribution in [3.63, 3.8) is 0 Å². The van der Waals surface area contributed by atoms with Gasteiger partial charge in [0.2, 0.25) is 0 Å². The molecule has 3 rings (SSSR count). The molecule has 0 amide bonds. The van der Waals surface area contributed by atoms with Gasteiger partial charge in [-0.05, 0) is 48.6 Å². The number of carbonyl (C=O) groups is 1. The van der Waals surface area contributed by atoms with Crippen LogP contribution in [0.2, 0.25) is 0 Å². The highest BCUT2D eigenvalue weighted by Crippen LogP contribution is 2.26. The van der Waals surface area contributed by atoms with Crippen molar-refractivity contribution >= 4 is 28.5 Å². The van der Waals surface area contributed by atoms with E-state index < -0.39 is 5.97 Å². The van der Waals surface area contributed by atoms with Gasteiger partial charge in [-0.25, -0.2) is 4.98 Å². The molecule has 20 heavy (non-hydrogen) atoms. The first-order valence-electron chi connectivity index (χ1n) is 6.03. The van der Waals surface area contributed by atoms with E-state index in [9.17, 15) is 4.79 Å². The molecule has 0 saturated carbocycles. The van der Waals surface area contributed by atoms with Crippen molar-refractivity contribution in [1.82, 2.24) is 19.1 Å². The monoisotopic (exact) mass is 288 g/mol. The van der Waals surface area contributed by atoms with Gasteiger partial charge in [0, 0.05) is 5.38 Å². The fourth-order valence-electron chi connectivity index (χ4n) is 2.13. The zero-order chi connectivity index (χ0) is 14.3. The third kappa shape index (κ3) is 2.05. The van der Waals surface area contributed by atoms with E-state index in [1.54, 1.807) is 9.95 Å². The van der Waals surface area contributed by atoms with Crippen LogP contribution in [0.3, 0.4) is 0 Å². The maximum Gasteiger partial charge on any atom is 0.323 e. The van der Waals surface area contributed by atoms with E-state index in [1.165, 1.54) is 11.5 Å². The summed E-state index contributed by atoms with van der Waals surface area (Å²) in [5.74, 6) is -0.367. The molecule has 0 atom stereocenters. The van der Waals surface area contributed by atoms with Crippen LogP contribution in [0.1, 0.15) is 11.1 Å². The van der Waals surface area contributed by atoms with Crippen LogP contribution in [0, 0.1) is 13.8 Å². The second-order valence-corrected chi connectivity index (χ2v) is 5.24. The Kier molecular flexibility index (Phi) is 2.98. The fourth-order valence-corrected chi connectivity index (χ4v) is 2.57. The molecule has 6 nitrogen and oxygen atoms in total. The first-order chi connectivity index (χ1) is 9.56. The molecule has 0 aliphatic heterocycles. The number of benzene rings is 1. The number of carboxylic acid groups (broad SMARTS) is 1. The highest BCUT2D eigenvalue weighted by molar-refractivity contribution is 7.03. The minimum absolute atomic E-state index is 0.147. The Hall–Kier alpha value is -2.28. The lowest BCUT2D eigenvalue weighted by atomic mass is 10.1. The smallest absolute Gasteiger partial charge is 0.323 e. The molecule has 0 saturated heterocycles. The number of nitrogens with zero attached hydrogens (tertiary/aromatic N) is 4. The summed E-state index contributed by atoms with van der Waals surface area (Å²) in [6.45, 7) is 3.86. The van der Waals surface area contributed by atoms with E-state index in [0.717, 1.165) is 22.2 Å². The van der Waals surface area contributed by atoms with Gasteiger partial charge in [0.25, 0.3) is 0 Å². The molecule has 0 aliphatic carbocycles. The molecule has 1 aromatic carbocycles. The summed E-state index contributed by atoms with van der Waals surface area (Å²) in [7, 11) is 0. The van der Waals surface area contributed by atoms with E-state index in [1.807, 2.05) is 26.0 Å². The van der Waals surface area contributed by atoms with Gasteiger partial charge < -0.3 is 9.67 Å². The van der Waals surface area contributed by atoms with Gasteiger partial charge in [0.15, 0.2) is 5.82 Å². The van der Waals surface area contributed by atoms with Crippen LogP contribution in [0.5, 0.6) is 0 Å².